The van der Waals surface area contributed by atoms with Gasteiger partial charge in [0, 0.05) is 54.5 Å². The Morgan fingerprint density at radius 3 is 2.50 bits per heavy atom. The summed E-state index contributed by atoms with van der Waals surface area (Å²) in [6.07, 6.45) is 3.45. The van der Waals surface area contributed by atoms with Gasteiger partial charge in [-0.25, -0.2) is 4.39 Å². The lowest BCUT2D eigenvalue weighted by Gasteiger charge is -2.35. The molecule has 5 nitrogen and oxygen atoms in total. The highest BCUT2D eigenvalue weighted by Crippen LogP contribution is 2.37. The van der Waals surface area contributed by atoms with Crippen molar-refractivity contribution < 1.29 is 18.3 Å². The number of aryl methyl sites for hydroxylation is 2. The van der Waals surface area contributed by atoms with Crippen LogP contribution in [0.2, 0.25) is 0 Å². The van der Waals surface area contributed by atoms with Crippen LogP contribution < -0.4 is 9.64 Å². The summed E-state index contributed by atoms with van der Waals surface area (Å²) in [5.74, 6) is 0.510. The average molecular weight is 437 g/mol. The van der Waals surface area contributed by atoms with E-state index in [0.29, 0.717) is 32.8 Å². The van der Waals surface area contributed by atoms with Gasteiger partial charge in [0.15, 0.2) is 0 Å². The number of benzene rings is 2. The van der Waals surface area contributed by atoms with Gasteiger partial charge in [-0.05, 0) is 69.2 Å². The van der Waals surface area contributed by atoms with E-state index in [1.165, 1.54) is 12.1 Å². The van der Waals surface area contributed by atoms with Crippen molar-refractivity contribution in [3.05, 3.63) is 65.2 Å². The molecule has 168 valence electrons. The summed E-state index contributed by atoms with van der Waals surface area (Å²) in [5.41, 5.74) is 5.59. The fourth-order valence-electron chi connectivity index (χ4n) is 4.25. The highest BCUT2D eigenvalue weighted by atomic mass is 19.1. The molecule has 2 heterocycles. The van der Waals surface area contributed by atoms with Gasteiger partial charge in [0.25, 0.3) is 0 Å². The first-order chi connectivity index (χ1) is 15.4. The number of amides is 1. The van der Waals surface area contributed by atoms with Crippen molar-refractivity contribution in [1.82, 2.24) is 4.90 Å². The molecule has 1 fully saturated rings. The Bertz CT molecular complexity index is 1160. The molecule has 0 radical (unpaired) electrons. The number of nitrogens with zero attached hydrogens (tertiary/aromatic N) is 2. The molecule has 1 aliphatic heterocycles. The molecule has 32 heavy (non-hydrogen) atoms. The van der Waals surface area contributed by atoms with Crippen LogP contribution >= 0.6 is 0 Å². The number of piperazine rings is 1. The minimum Gasteiger partial charge on any atom is -0.493 e. The van der Waals surface area contributed by atoms with E-state index in [1.54, 1.807) is 24.5 Å². The number of furan rings is 1. The van der Waals surface area contributed by atoms with Crippen LogP contribution in [-0.4, -0.2) is 43.6 Å². The summed E-state index contributed by atoms with van der Waals surface area (Å²) in [6.45, 7) is 11.1. The van der Waals surface area contributed by atoms with Crippen LogP contribution in [0.15, 0.2) is 47.1 Å². The molecule has 4 rings (SSSR count). The Kier molecular flexibility index (Phi) is 6.21. The molecule has 1 aliphatic rings. The molecule has 6 heteroatoms. The third-order valence-corrected chi connectivity index (χ3v) is 6.07. The van der Waals surface area contributed by atoms with Crippen LogP contribution in [0.1, 0.15) is 30.5 Å². The zero-order chi connectivity index (χ0) is 22.8. The van der Waals surface area contributed by atoms with Crippen LogP contribution in [0.25, 0.3) is 16.5 Å². The molecule has 0 spiro atoms. The standard InChI is InChI=1S/C26H29FN2O3/c1-5-31-25-19(4)26-23(18(3)16-32-26)15-22(25)17(2)14-24(30)29-12-10-28(11-13-29)21-8-6-20(27)7-9-21/h6-9,14-16H,5,10-13H2,1-4H3/b17-14+. The molecular weight excluding hydrogens is 407 g/mol. The topological polar surface area (TPSA) is 45.9 Å². The Hall–Kier alpha value is -3.28. The maximum Gasteiger partial charge on any atom is 0.246 e. The summed E-state index contributed by atoms with van der Waals surface area (Å²) in [7, 11) is 0. The second kappa shape index (κ2) is 9.07. The molecule has 0 unspecified atom stereocenters. The molecule has 0 bridgehead atoms. The normalized spacial score (nSPS) is 14.8. The molecule has 0 atom stereocenters. The van der Waals surface area contributed by atoms with Crippen molar-refractivity contribution in [3.63, 3.8) is 0 Å². The Labute approximate surface area is 188 Å². The highest BCUT2D eigenvalue weighted by molar-refractivity contribution is 5.98. The van der Waals surface area contributed by atoms with Crippen LogP contribution in [0.5, 0.6) is 5.75 Å². The first kappa shape index (κ1) is 21.9. The maximum atomic E-state index is 13.2. The van der Waals surface area contributed by atoms with E-state index >= 15 is 0 Å². The molecule has 1 aromatic heterocycles. The van der Waals surface area contributed by atoms with Gasteiger partial charge in [-0.1, -0.05) is 0 Å². The van der Waals surface area contributed by atoms with Gasteiger partial charge < -0.3 is 19.0 Å². The Morgan fingerprint density at radius 2 is 1.84 bits per heavy atom. The van der Waals surface area contributed by atoms with Gasteiger partial charge in [-0.2, -0.15) is 0 Å². The number of allylic oxidation sites excluding steroid dienone is 1. The van der Waals surface area contributed by atoms with Gasteiger partial charge >= 0.3 is 0 Å². The molecule has 2 aromatic carbocycles. The monoisotopic (exact) mass is 436 g/mol. The number of hydrogen-bond acceptors (Lipinski definition) is 4. The van der Waals surface area contributed by atoms with E-state index in [2.05, 4.69) is 11.0 Å². The first-order valence-corrected chi connectivity index (χ1v) is 11.0. The van der Waals surface area contributed by atoms with Crippen molar-refractivity contribution in [2.75, 3.05) is 37.7 Å². The number of rotatable bonds is 5. The fourth-order valence-corrected chi connectivity index (χ4v) is 4.25. The lowest BCUT2D eigenvalue weighted by Crippen LogP contribution is -2.48. The van der Waals surface area contributed by atoms with Gasteiger partial charge in [0.2, 0.25) is 5.91 Å². The number of carbonyl (C=O) groups excluding carboxylic acids is 1. The molecular formula is C26H29FN2O3. The lowest BCUT2D eigenvalue weighted by atomic mass is 9.98. The van der Waals surface area contributed by atoms with Gasteiger partial charge in [-0.3, -0.25) is 4.79 Å². The van der Waals surface area contributed by atoms with Gasteiger partial charge in [-0.15, -0.1) is 0 Å². The van der Waals surface area contributed by atoms with Crippen LogP contribution in [0, 0.1) is 19.7 Å². The quantitative estimate of drug-likeness (QED) is 0.507. The first-order valence-electron chi connectivity index (χ1n) is 11.0. The van der Waals surface area contributed by atoms with E-state index in [4.69, 9.17) is 9.15 Å². The molecule has 3 aromatic rings. The van der Waals surface area contributed by atoms with Crippen LogP contribution in [0.3, 0.4) is 0 Å². The Balaban J connectivity index is 1.53. The second-order valence-electron chi connectivity index (χ2n) is 8.22. The molecule has 1 amide bonds. The summed E-state index contributed by atoms with van der Waals surface area (Å²) >= 11 is 0. The van der Waals surface area contributed by atoms with Gasteiger partial charge in [0.05, 0.1) is 12.9 Å². The number of ether oxygens (including phenoxy) is 1. The third kappa shape index (κ3) is 4.22. The van der Waals surface area contributed by atoms with E-state index < -0.39 is 0 Å². The predicted molar refractivity (Wildman–Crippen MR) is 126 cm³/mol. The highest BCUT2D eigenvalue weighted by Gasteiger charge is 2.22. The van der Waals surface area contributed by atoms with E-state index in [0.717, 1.165) is 44.7 Å². The van der Waals surface area contributed by atoms with Crippen LogP contribution in [0.4, 0.5) is 10.1 Å². The predicted octanol–water partition coefficient (Wildman–Crippen LogP) is 5.34. The lowest BCUT2D eigenvalue weighted by molar-refractivity contribution is -0.126. The van der Waals surface area contributed by atoms with Crippen molar-refractivity contribution in [3.8, 4) is 5.75 Å². The van der Waals surface area contributed by atoms with Crippen LogP contribution in [-0.2, 0) is 4.79 Å². The fraction of sp³-hybridized carbons (Fsp3) is 0.346. The van der Waals surface area contributed by atoms with E-state index in [1.807, 2.05) is 32.6 Å². The summed E-state index contributed by atoms with van der Waals surface area (Å²) < 4.78 is 24.9. The van der Waals surface area contributed by atoms with Crippen molar-refractivity contribution in [2.45, 2.75) is 27.7 Å². The number of halogens is 1. The minimum atomic E-state index is -0.242. The summed E-state index contributed by atoms with van der Waals surface area (Å²) in [5, 5.41) is 1.04. The zero-order valence-corrected chi connectivity index (χ0v) is 19.1. The number of anilines is 1. The smallest absolute Gasteiger partial charge is 0.246 e. The number of hydrogen-bond donors (Lipinski definition) is 0. The summed E-state index contributed by atoms with van der Waals surface area (Å²) in [4.78, 5) is 17.1. The largest absolute Gasteiger partial charge is 0.493 e. The maximum absolute atomic E-state index is 13.2. The molecule has 1 saturated heterocycles. The molecule has 0 saturated carbocycles. The van der Waals surface area contributed by atoms with E-state index in [-0.39, 0.29) is 11.7 Å². The Morgan fingerprint density at radius 1 is 1.16 bits per heavy atom. The minimum absolute atomic E-state index is 0.00892. The number of fused-ring (bicyclic) bond motifs is 1. The zero-order valence-electron chi connectivity index (χ0n) is 19.1. The summed E-state index contributed by atoms with van der Waals surface area (Å²) in [6, 6.07) is 8.55. The van der Waals surface area contributed by atoms with Crippen molar-refractivity contribution in [2.24, 2.45) is 0 Å². The van der Waals surface area contributed by atoms with Gasteiger partial charge in [0.1, 0.15) is 17.1 Å². The van der Waals surface area contributed by atoms with E-state index in [9.17, 15) is 9.18 Å². The van der Waals surface area contributed by atoms with Crippen molar-refractivity contribution >= 4 is 28.1 Å². The second-order valence-corrected chi connectivity index (χ2v) is 8.22. The van der Waals surface area contributed by atoms with Crippen molar-refractivity contribution in [1.29, 1.82) is 0 Å². The average Bonchev–Trinajstić information content (AvgIpc) is 3.17. The molecule has 0 N–H and O–H groups in total. The SMILES string of the molecule is CCOc1c(/C(C)=C/C(=O)N2CCN(c3ccc(F)cc3)CC2)cc2c(C)coc2c1C. The molecule has 0 aliphatic carbocycles. The third-order valence-electron chi connectivity index (χ3n) is 6.07. The number of carbonyl (C=O) groups is 1.